The average Bonchev–Trinajstić information content (AvgIpc) is 2.76. The number of para-hydroxylation sites is 1. The molecule has 3 rings (SSSR count). The summed E-state index contributed by atoms with van der Waals surface area (Å²) in [6, 6.07) is 11.5. The number of carbonyl (C=O) groups is 1. The lowest BCUT2D eigenvalue weighted by Crippen LogP contribution is -2.32. The molecule has 1 heterocycles. The molecule has 0 aromatic heterocycles. The Morgan fingerprint density at radius 3 is 2.83 bits per heavy atom. The summed E-state index contributed by atoms with van der Waals surface area (Å²) in [5.74, 6) is 1.95. The minimum Gasteiger partial charge on any atom is -0.497 e. The van der Waals surface area contributed by atoms with Crippen LogP contribution in [0.15, 0.2) is 36.4 Å². The maximum absolute atomic E-state index is 12.6. The molecule has 0 bridgehead atoms. The number of amides is 1. The molecular weight excluding hydrogens is 306 g/mol. The number of methoxy groups -OCH3 is 1. The van der Waals surface area contributed by atoms with E-state index in [-0.39, 0.29) is 12.5 Å². The van der Waals surface area contributed by atoms with E-state index in [1.807, 2.05) is 50.2 Å². The fraction of sp³-hybridized carbons (Fsp3) is 0.316. The monoisotopic (exact) mass is 327 g/mol. The Kier molecular flexibility index (Phi) is 4.60. The Balaban J connectivity index is 2.02. The van der Waals surface area contributed by atoms with Crippen LogP contribution in [0.5, 0.6) is 17.2 Å². The molecule has 24 heavy (non-hydrogen) atoms. The van der Waals surface area contributed by atoms with Gasteiger partial charge in [-0.15, -0.1) is 0 Å². The summed E-state index contributed by atoms with van der Waals surface area (Å²) >= 11 is 0. The molecule has 5 nitrogen and oxygen atoms in total. The molecule has 0 unspecified atom stereocenters. The number of nitrogens with zero attached hydrogens (tertiary/aromatic N) is 1. The first-order valence-corrected chi connectivity index (χ1v) is 7.96. The van der Waals surface area contributed by atoms with E-state index >= 15 is 0 Å². The van der Waals surface area contributed by atoms with Crippen LogP contribution in [-0.4, -0.2) is 26.2 Å². The highest BCUT2D eigenvalue weighted by Gasteiger charge is 2.26. The Labute approximate surface area is 141 Å². The standard InChI is InChI=1S/C19H21NO4/c1-4-23-17-7-5-6-14-11-20(18(21)12-24-19(14)17)16-10-15(22-3)9-8-13(16)2/h5-10H,4,11-12H2,1-3H3. The first-order valence-electron chi connectivity index (χ1n) is 7.96. The average molecular weight is 327 g/mol. The van der Waals surface area contributed by atoms with Crippen molar-refractivity contribution in [2.75, 3.05) is 25.2 Å². The Morgan fingerprint density at radius 1 is 1.25 bits per heavy atom. The third-order valence-corrected chi connectivity index (χ3v) is 4.04. The van der Waals surface area contributed by atoms with E-state index in [1.54, 1.807) is 12.0 Å². The van der Waals surface area contributed by atoms with Crippen molar-refractivity contribution >= 4 is 11.6 Å². The van der Waals surface area contributed by atoms with Crippen LogP contribution in [0.3, 0.4) is 0 Å². The van der Waals surface area contributed by atoms with Crippen molar-refractivity contribution in [3.05, 3.63) is 47.5 Å². The molecule has 5 heteroatoms. The first-order chi connectivity index (χ1) is 11.6. The quantitative estimate of drug-likeness (QED) is 0.864. The zero-order valence-corrected chi connectivity index (χ0v) is 14.2. The SMILES string of the molecule is CCOc1cccc2c1OCC(=O)N(c1cc(OC)ccc1C)C2. The maximum Gasteiger partial charge on any atom is 0.265 e. The molecule has 0 saturated carbocycles. The largest absolute Gasteiger partial charge is 0.497 e. The molecule has 1 amide bonds. The second-order valence-corrected chi connectivity index (χ2v) is 5.60. The Morgan fingerprint density at radius 2 is 2.08 bits per heavy atom. The number of ether oxygens (including phenoxy) is 3. The number of anilines is 1. The number of hydrogen-bond acceptors (Lipinski definition) is 4. The van der Waals surface area contributed by atoms with E-state index in [4.69, 9.17) is 14.2 Å². The van der Waals surface area contributed by atoms with Crippen molar-refractivity contribution < 1.29 is 19.0 Å². The molecule has 2 aromatic rings. The molecular formula is C19H21NO4. The van der Waals surface area contributed by atoms with Gasteiger partial charge in [0.2, 0.25) is 0 Å². The molecule has 0 fully saturated rings. The maximum atomic E-state index is 12.6. The zero-order valence-electron chi connectivity index (χ0n) is 14.2. The van der Waals surface area contributed by atoms with Crippen molar-refractivity contribution in [3.8, 4) is 17.2 Å². The van der Waals surface area contributed by atoms with Crippen LogP contribution in [0.2, 0.25) is 0 Å². The molecule has 0 spiro atoms. The number of fused-ring (bicyclic) bond motifs is 1. The predicted octanol–water partition coefficient (Wildman–Crippen LogP) is 3.33. The van der Waals surface area contributed by atoms with Gasteiger partial charge < -0.3 is 19.1 Å². The summed E-state index contributed by atoms with van der Waals surface area (Å²) in [7, 11) is 1.62. The van der Waals surface area contributed by atoms with Gasteiger partial charge in [0.25, 0.3) is 5.91 Å². The minimum atomic E-state index is -0.0926. The van der Waals surface area contributed by atoms with Crippen molar-refractivity contribution in [1.82, 2.24) is 0 Å². The summed E-state index contributed by atoms with van der Waals surface area (Å²) < 4.78 is 16.7. The van der Waals surface area contributed by atoms with Crippen LogP contribution in [0.4, 0.5) is 5.69 Å². The van der Waals surface area contributed by atoms with Crippen LogP contribution in [0.25, 0.3) is 0 Å². The van der Waals surface area contributed by atoms with Crippen LogP contribution in [0.1, 0.15) is 18.1 Å². The topological polar surface area (TPSA) is 48.0 Å². The van der Waals surface area contributed by atoms with Crippen LogP contribution in [0, 0.1) is 6.92 Å². The lowest BCUT2D eigenvalue weighted by molar-refractivity contribution is -0.120. The van der Waals surface area contributed by atoms with Gasteiger partial charge in [-0.1, -0.05) is 18.2 Å². The second kappa shape index (κ2) is 6.83. The van der Waals surface area contributed by atoms with Gasteiger partial charge in [-0.3, -0.25) is 4.79 Å². The van der Waals surface area contributed by atoms with Gasteiger partial charge in [0, 0.05) is 11.6 Å². The van der Waals surface area contributed by atoms with Crippen LogP contribution < -0.4 is 19.1 Å². The molecule has 126 valence electrons. The van der Waals surface area contributed by atoms with E-state index in [9.17, 15) is 4.79 Å². The van der Waals surface area contributed by atoms with Gasteiger partial charge in [-0.25, -0.2) is 0 Å². The summed E-state index contributed by atoms with van der Waals surface area (Å²) in [5, 5.41) is 0. The van der Waals surface area contributed by atoms with E-state index in [0.717, 1.165) is 22.6 Å². The molecule has 0 aliphatic carbocycles. The number of carbonyl (C=O) groups excluding carboxylic acids is 1. The van der Waals surface area contributed by atoms with Gasteiger partial charge >= 0.3 is 0 Å². The molecule has 0 N–H and O–H groups in total. The molecule has 2 aromatic carbocycles. The Bertz CT molecular complexity index is 757. The number of rotatable bonds is 4. The number of benzene rings is 2. The van der Waals surface area contributed by atoms with Crippen molar-refractivity contribution in [3.63, 3.8) is 0 Å². The summed E-state index contributed by atoms with van der Waals surface area (Å²) in [6.07, 6.45) is 0. The molecule has 0 atom stereocenters. The highest BCUT2D eigenvalue weighted by Crippen LogP contribution is 2.36. The third kappa shape index (κ3) is 3.02. The van der Waals surface area contributed by atoms with Gasteiger partial charge in [0.15, 0.2) is 18.1 Å². The van der Waals surface area contributed by atoms with Gasteiger partial charge in [0.1, 0.15) is 5.75 Å². The summed E-state index contributed by atoms with van der Waals surface area (Å²) in [4.78, 5) is 14.4. The lowest BCUT2D eigenvalue weighted by atomic mass is 10.1. The van der Waals surface area contributed by atoms with Gasteiger partial charge in [0.05, 0.1) is 25.9 Å². The molecule has 1 aliphatic rings. The predicted molar refractivity (Wildman–Crippen MR) is 92.0 cm³/mol. The lowest BCUT2D eigenvalue weighted by Gasteiger charge is -2.22. The highest BCUT2D eigenvalue weighted by atomic mass is 16.5. The molecule has 0 radical (unpaired) electrons. The van der Waals surface area contributed by atoms with E-state index in [2.05, 4.69) is 0 Å². The van der Waals surface area contributed by atoms with Crippen LogP contribution in [-0.2, 0) is 11.3 Å². The normalized spacial score (nSPS) is 13.8. The molecule has 0 saturated heterocycles. The number of hydrogen-bond donors (Lipinski definition) is 0. The van der Waals surface area contributed by atoms with E-state index in [1.165, 1.54) is 0 Å². The summed E-state index contributed by atoms with van der Waals surface area (Å²) in [5.41, 5.74) is 2.76. The first kappa shape index (κ1) is 16.2. The third-order valence-electron chi connectivity index (χ3n) is 4.04. The van der Waals surface area contributed by atoms with Crippen LogP contribution >= 0.6 is 0 Å². The van der Waals surface area contributed by atoms with Gasteiger partial charge in [-0.05, 0) is 31.5 Å². The van der Waals surface area contributed by atoms with E-state index in [0.29, 0.717) is 24.7 Å². The van der Waals surface area contributed by atoms with Crippen molar-refractivity contribution in [2.24, 2.45) is 0 Å². The second-order valence-electron chi connectivity index (χ2n) is 5.60. The minimum absolute atomic E-state index is 0.0201. The molecule has 1 aliphatic heterocycles. The van der Waals surface area contributed by atoms with Crippen molar-refractivity contribution in [2.45, 2.75) is 20.4 Å². The smallest absolute Gasteiger partial charge is 0.265 e. The van der Waals surface area contributed by atoms with Crippen molar-refractivity contribution in [1.29, 1.82) is 0 Å². The van der Waals surface area contributed by atoms with Gasteiger partial charge in [-0.2, -0.15) is 0 Å². The number of aryl methyl sites for hydroxylation is 1. The fourth-order valence-corrected chi connectivity index (χ4v) is 2.82. The fourth-order valence-electron chi connectivity index (χ4n) is 2.82. The zero-order chi connectivity index (χ0) is 17.1. The van der Waals surface area contributed by atoms with E-state index < -0.39 is 0 Å². The summed E-state index contributed by atoms with van der Waals surface area (Å²) in [6.45, 7) is 4.86. The highest BCUT2D eigenvalue weighted by molar-refractivity contribution is 5.96. The Hall–Kier alpha value is -2.69.